The number of amides is 1. The summed E-state index contributed by atoms with van der Waals surface area (Å²) in [6.45, 7) is 17.8. The van der Waals surface area contributed by atoms with Gasteiger partial charge in [-0.2, -0.15) is 0 Å². The Labute approximate surface area is 296 Å². The molecule has 1 aliphatic heterocycles. The molecule has 12 heteroatoms. The minimum atomic E-state index is -2.04. The molecule has 1 unspecified atom stereocenters. The Morgan fingerprint density at radius 1 is 1.04 bits per heavy atom. The van der Waals surface area contributed by atoms with E-state index >= 15 is 0 Å². The van der Waals surface area contributed by atoms with Crippen LogP contribution in [-0.4, -0.2) is 51.8 Å². The first kappa shape index (κ1) is 37.9. The van der Waals surface area contributed by atoms with Crippen molar-refractivity contribution in [3.05, 3.63) is 75.5 Å². The van der Waals surface area contributed by atoms with Crippen molar-refractivity contribution in [2.24, 2.45) is 0 Å². The Hall–Kier alpha value is -2.86. The number of unbranched alkanes of at least 4 members (excludes halogenated alkanes) is 2. The molecule has 1 atom stereocenters. The third-order valence-electron chi connectivity index (χ3n) is 8.73. The molecule has 2 aromatic carbocycles. The molecule has 4 rings (SSSR count). The summed E-state index contributed by atoms with van der Waals surface area (Å²) in [6, 6.07) is 11.3. The van der Waals surface area contributed by atoms with Gasteiger partial charge in [0.2, 0.25) is 5.79 Å². The number of benzene rings is 2. The number of pyridine rings is 1. The molecule has 1 aromatic heterocycles. The average molecular weight is 719 g/mol. The van der Waals surface area contributed by atoms with Gasteiger partial charge in [-0.25, -0.2) is 0 Å². The SMILES string of the molecule is COc1ccc(C(=O)Nc2c(Cl)cncc2Cl)cc1OCCCCCNCC(O[Si](C)(C)C(C)(C)C)c1ccc2c(c1)COC(C)(C)O2. The van der Waals surface area contributed by atoms with Crippen LogP contribution in [0.1, 0.15) is 81.5 Å². The van der Waals surface area contributed by atoms with Crippen molar-refractivity contribution in [1.29, 1.82) is 0 Å². The number of ether oxygens (including phenoxy) is 4. The molecule has 0 saturated carbocycles. The number of rotatable bonds is 15. The van der Waals surface area contributed by atoms with Crippen molar-refractivity contribution in [2.75, 3.05) is 32.1 Å². The van der Waals surface area contributed by atoms with Crippen LogP contribution in [0.3, 0.4) is 0 Å². The Morgan fingerprint density at radius 2 is 1.77 bits per heavy atom. The second kappa shape index (κ2) is 16.2. The van der Waals surface area contributed by atoms with Crippen LogP contribution in [-0.2, 0) is 15.8 Å². The second-order valence-electron chi connectivity index (χ2n) is 13.9. The number of fused-ring (bicyclic) bond motifs is 1. The number of anilines is 1. The number of halogens is 2. The molecule has 262 valence electrons. The third-order valence-corrected chi connectivity index (χ3v) is 13.8. The van der Waals surface area contributed by atoms with E-state index in [1.807, 2.05) is 19.9 Å². The van der Waals surface area contributed by atoms with Gasteiger partial charge in [-0.15, -0.1) is 0 Å². The molecule has 0 fully saturated rings. The zero-order chi connectivity index (χ0) is 35.1. The maximum absolute atomic E-state index is 12.9. The summed E-state index contributed by atoms with van der Waals surface area (Å²) < 4.78 is 30.4. The van der Waals surface area contributed by atoms with Gasteiger partial charge in [0.1, 0.15) is 5.75 Å². The van der Waals surface area contributed by atoms with E-state index in [0.717, 1.165) is 42.7 Å². The first-order valence-electron chi connectivity index (χ1n) is 16.4. The Morgan fingerprint density at radius 3 is 2.46 bits per heavy atom. The van der Waals surface area contributed by atoms with Crippen LogP contribution in [0.2, 0.25) is 28.2 Å². The molecule has 0 spiro atoms. The van der Waals surface area contributed by atoms with Crippen LogP contribution < -0.4 is 24.8 Å². The first-order valence-corrected chi connectivity index (χ1v) is 20.0. The Kier molecular flexibility index (Phi) is 12.8. The normalized spacial score (nSPS) is 14.9. The summed E-state index contributed by atoms with van der Waals surface area (Å²) in [7, 11) is -0.472. The van der Waals surface area contributed by atoms with E-state index in [1.165, 1.54) is 12.4 Å². The van der Waals surface area contributed by atoms with Gasteiger partial charge in [0.25, 0.3) is 5.91 Å². The van der Waals surface area contributed by atoms with Gasteiger partial charge in [0.15, 0.2) is 19.8 Å². The Balaban J connectivity index is 1.28. The van der Waals surface area contributed by atoms with Crippen LogP contribution in [0, 0.1) is 0 Å². The van der Waals surface area contributed by atoms with Gasteiger partial charge in [-0.1, -0.05) is 50.0 Å². The van der Waals surface area contributed by atoms with Crippen LogP contribution in [0.15, 0.2) is 48.8 Å². The average Bonchev–Trinajstić information content (AvgIpc) is 3.02. The van der Waals surface area contributed by atoms with E-state index in [1.54, 1.807) is 25.3 Å². The number of nitrogens with zero attached hydrogens (tertiary/aromatic N) is 1. The maximum Gasteiger partial charge on any atom is 0.255 e. The Bertz CT molecular complexity index is 1540. The minimum Gasteiger partial charge on any atom is -0.493 e. The van der Waals surface area contributed by atoms with E-state index in [0.29, 0.717) is 42.5 Å². The van der Waals surface area contributed by atoms with Crippen molar-refractivity contribution in [3.63, 3.8) is 0 Å². The molecule has 1 aliphatic rings. The topological polar surface area (TPSA) is 100 Å². The van der Waals surface area contributed by atoms with Crippen molar-refractivity contribution >= 4 is 43.1 Å². The van der Waals surface area contributed by atoms with Crippen LogP contribution in [0.4, 0.5) is 5.69 Å². The lowest BCUT2D eigenvalue weighted by Crippen LogP contribution is -2.43. The standard InChI is InChI=1S/C36H49Cl2N3O6Si/c1-35(2,3)48(7,8)47-32(24-12-14-29-26(18-24)23-45-36(4,5)46-29)22-39-16-10-9-11-17-44-31-19-25(13-15-30(31)43-6)34(42)41-33-27(37)20-40-21-28(33)38/h12-15,18-21,32,39H,9-11,16-17,22-23H2,1-8H3,(H,40,41,42). The summed E-state index contributed by atoms with van der Waals surface area (Å²) in [6.07, 6.45) is 5.54. The molecule has 0 aliphatic carbocycles. The monoisotopic (exact) mass is 717 g/mol. The van der Waals surface area contributed by atoms with E-state index in [4.69, 9.17) is 46.6 Å². The summed E-state index contributed by atoms with van der Waals surface area (Å²) >= 11 is 12.3. The predicted molar refractivity (Wildman–Crippen MR) is 194 cm³/mol. The molecule has 0 radical (unpaired) electrons. The quantitative estimate of drug-likeness (QED) is 0.119. The fourth-order valence-corrected chi connectivity index (χ4v) is 6.65. The lowest BCUT2D eigenvalue weighted by atomic mass is 10.0. The lowest BCUT2D eigenvalue weighted by Gasteiger charge is -2.40. The van der Waals surface area contributed by atoms with E-state index in [2.05, 4.69) is 61.6 Å². The largest absolute Gasteiger partial charge is 0.493 e. The number of hydrogen-bond donors (Lipinski definition) is 2. The fourth-order valence-electron chi connectivity index (χ4n) is 4.91. The number of aromatic nitrogens is 1. The number of carbonyl (C=O) groups excluding carboxylic acids is 1. The maximum atomic E-state index is 12.9. The van der Waals surface area contributed by atoms with Gasteiger partial charge < -0.3 is 34.0 Å². The highest BCUT2D eigenvalue weighted by Gasteiger charge is 2.39. The summed E-state index contributed by atoms with van der Waals surface area (Å²) in [5.74, 6) is 0.898. The van der Waals surface area contributed by atoms with Crippen LogP contribution in [0.25, 0.3) is 0 Å². The molecule has 9 nitrogen and oxygen atoms in total. The fraction of sp³-hybridized carbons (Fsp3) is 0.500. The molecule has 2 N–H and O–H groups in total. The summed E-state index contributed by atoms with van der Waals surface area (Å²) in [5, 5.41) is 6.97. The molecule has 48 heavy (non-hydrogen) atoms. The van der Waals surface area contributed by atoms with Crippen molar-refractivity contribution in [3.8, 4) is 17.2 Å². The summed E-state index contributed by atoms with van der Waals surface area (Å²) in [4.78, 5) is 16.8. The second-order valence-corrected chi connectivity index (χ2v) is 19.5. The van der Waals surface area contributed by atoms with Crippen LogP contribution >= 0.6 is 23.2 Å². The molecule has 0 saturated heterocycles. The molecular weight excluding hydrogens is 669 g/mol. The number of methoxy groups -OCH3 is 1. The molecule has 1 amide bonds. The molecular formula is C36H49Cl2N3O6Si. The molecule has 3 aromatic rings. The van der Waals surface area contributed by atoms with Gasteiger partial charge in [0, 0.05) is 43.9 Å². The number of carbonyl (C=O) groups is 1. The highest BCUT2D eigenvalue weighted by Crippen LogP contribution is 2.41. The van der Waals surface area contributed by atoms with E-state index < -0.39 is 14.1 Å². The van der Waals surface area contributed by atoms with Crippen LogP contribution in [0.5, 0.6) is 17.2 Å². The predicted octanol–water partition coefficient (Wildman–Crippen LogP) is 9.20. The van der Waals surface area contributed by atoms with Gasteiger partial charge in [0.05, 0.1) is 42.2 Å². The number of nitrogens with one attached hydrogen (secondary N) is 2. The van der Waals surface area contributed by atoms with Gasteiger partial charge in [-0.3, -0.25) is 9.78 Å². The zero-order valence-electron chi connectivity index (χ0n) is 29.3. The van der Waals surface area contributed by atoms with Gasteiger partial charge >= 0.3 is 0 Å². The van der Waals surface area contributed by atoms with E-state index in [9.17, 15) is 4.79 Å². The highest BCUT2D eigenvalue weighted by molar-refractivity contribution is 6.74. The molecule has 2 heterocycles. The summed E-state index contributed by atoms with van der Waals surface area (Å²) in [5.41, 5.74) is 2.86. The zero-order valence-corrected chi connectivity index (χ0v) is 31.8. The van der Waals surface area contributed by atoms with Crippen molar-refractivity contribution in [1.82, 2.24) is 10.3 Å². The lowest BCUT2D eigenvalue weighted by molar-refractivity contribution is -0.180. The van der Waals surface area contributed by atoms with Crippen molar-refractivity contribution < 1.29 is 28.2 Å². The van der Waals surface area contributed by atoms with Gasteiger partial charge in [-0.05, 0) is 79.8 Å². The van der Waals surface area contributed by atoms with E-state index in [-0.39, 0.29) is 27.1 Å². The third kappa shape index (κ3) is 10.1. The smallest absolute Gasteiger partial charge is 0.255 e. The van der Waals surface area contributed by atoms with Crippen molar-refractivity contribution in [2.45, 2.75) is 90.5 Å². The first-order chi connectivity index (χ1) is 22.6. The number of hydrogen-bond acceptors (Lipinski definition) is 8. The highest BCUT2D eigenvalue weighted by atomic mass is 35.5. The minimum absolute atomic E-state index is 0.0861. The molecule has 0 bridgehead atoms.